The average molecular weight is 305 g/mol. The molecule has 0 radical (unpaired) electrons. The van der Waals surface area contributed by atoms with Crippen LogP contribution in [-0.4, -0.2) is 40.5 Å². The lowest BCUT2D eigenvalue weighted by Gasteiger charge is -2.20. The zero-order valence-corrected chi connectivity index (χ0v) is 11.4. The first-order valence-electron chi connectivity index (χ1n) is 6.15. The second-order valence-corrected chi connectivity index (χ2v) is 5.51. The molecule has 8 heteroatoms. The third-order valence-electron chi connectivity index (χ3n) is 2.78. The van der Waals surface area contributed by atoms with Gasteiger partial charge in [0.1, 0.15) is 11.5 Å². The third kappa shape index (κ3) is 4.03. The number of halogens is 3. The van der Waals surface area contributed by atoms with Crippen LogP contribution in [0.25, 0.3) is 0 Å². The van der Waals surface area contributed by atoms with Crippen molar-refractivity contribution in [3.63, 3.8) is 0 Å². The molecule has 1 saturated heterocycles. The summed E-state index contributed by atoms with van der Waals surface area (Å²) in [6.07, 6.45) is -3.63. The second kappa shape index (κ2) is 6.34. The van der Waals surface area contributed by atoms with E-state index in [-0.39, 0.29) is 5.82 Å². The Labute approximate surface area is 118 Å². The molecule has 2 amide bonds. The van der Waals surface area contributed by atoms with Crippen LogP contribution in [0.3, 0.4) is 0 Å². The van der Waals surface area contributed by atoms with E-state index >= 15 is 0 Å². The van der Waals surface area contributed by atoms with E-state index < -0.39 is 17.9 Å². The second-order valence-electron chi connectivity index (χ2n) is 4.29. The Kier molecular flexibility index (Phi) is 4.74. The number of alkyl halides is 3. The largest absolute Gasteiger partial charge is 0.433 e. The number of carbonyl (C=O) groups excluding carboxylic acids is 1. The number of nitrogens with zero attached hydrogens (tertiary/aromatic N) is 2. The molecule has 110 valence electrons. The van der Waals surface area contributed by atoms with Crippen molar-refractivity contribution in [3.05, 3.63) is 23.9 Å². The fourth-order valence-corrected chi connectivity index (χ4v) is 2.69. The van der Waals surface area contributed by atoms with Gasteiger partial charge in [0, 0.05) is 18.8 Å². The summed E-state index contributed by atoms with van der Waals surface area (Å²) in [7, 11) is 0. The fraction of sp³-hybridized carbons (Fsp3) is 0.500. The highest BCUT2D eigenvalue weighted by molar-refractivity contribution is 7.99. The maximum absolute atomic E-state index is 12.5. The van der Waals surface area contributed by atoms with E-state index in [2.05, 4.69) is 10.3 Å². The number of carbonyl (C=O) groups is 1. The van der Waals surface area contributed by atoms with Crippen LogP contribution >= 0.6 is 11.8 Å². The van der Waals surface area contributed by atoms with Crippen molar-refractivity contribution in [2.24, 2.45) is 0 Å². The molecule has 20 heavy (non-hydrogen) atoms. The van der Waals surface area contributed by atoms with E-state index in [4.69, 9.17) is 0 Å². The van der Waals surface area contributed by atoms with Gasteiger partial charge < -0.3 is 4.90 Å². The van der Waals surface area contributed by atoms with E-state index in [9.17, 15) is 18.0 Å². The molecule has 2 heterocycles. The van der Waals surface area contributed by atoms with Gasteiger partial charge in [-0.25, -0.2) is 9.78 Å². The zero-order chi connectivity index (χ0) is 14.6. The summed E-state index contributed by atoms with van der Waals surface area (Å²) in [5, 5.41) is 2.42. The molecule has 1 aliphatic rings. The smallest absolute Gasteiger partial charge is 0.324 e. The maximum atomic E-state index is 12.5. The molecule has 0 bridgehead atoms. The van der Waals surface area contributed by atoms with Gasteiger partial charge in [0.25, 0.3) is 0 Å². The zero-order valence-electron chi connectivity index (χ0n) is 10.6. The quantitative estimate of drug-likeness (QED) is 0.867. The Morgan fingerprint density at radius 2 is 2.10 bits per heavy atom. The topological polar surface area (TPSA) is 45.2 Å². The van der Waals surface area contributed by atoms with Crippen LogP contribution in [0.15, 0.2) is 18.2 Å². The molecule has 1 aliphatic heterocycles. The summed E-state index contributed by atoms with van der Waals surface area (Å²) in [4.78, 5) is 17.0. The first kappa shape index (κ1) is 15.0. The van der Waals surface area contributed by atoms with Crippen molar-refractivity contribution in [1.29, 1.82) is 0 Å². The Morgan fingerprint density at radius 3 is 2.85 bits per heavy atom. The highest BCUT2D eigenvalue weighted by Crippen LogP contribution is 2.28. The number of nitrogens with one attached hydrogen (secondary N) is 1. The molecular weight excluding hydrogens is 291 g/mol. The van der Waals surface area contributed by atoms with E-state index in [1.165, 1.54) is 12.1 Å². The predicted molar refractivity (Wildman–Crippen MR) is 71.8 cm³/mol. The van der Waals surface area contributed by atoms with E-state index in [0.29, 0.717) is 13.1 Å². The summed E-state index contributed by atoms with van der Waals surface area (Å²) in [6, 6.07) is 3.04. The minimum absolute atomic E-state index is 0.0817. The van der Waals surface area contributed by atoms with E-state index in [0.717, 1.165) is 24.0 Å². The van der Waals surface area contributed by atoms with Gasteiger partial charge in [-0.3, -0.25) is 5.32 Å². The van der Waals surface area contributed by atoms with E-state index in [1.54, 1.807) is 16.7 Å². The Balaban J connectivity index is 2.03. The standard InChI is InChI=1S/C12H14F3N3OS/c13-12(14,15)9-3-1-4-10(16-9)17-11(19)18-5-2-7-20-8-6-18/h1,3-4H,2,5-8H2,(H,16,17,19). The molecule has 0 unspecified atom stereocenters. The van der Waals surface area contributed by atoms with Crippen LogP contribution in [0.1, 0.15) is 12.1 Å². The van der Waals surface area contributed by atoms with Gasteiger partial charge in [-0.15, -0.1) is 0 Å². The number of aromatic nitrogens is 1. The fourth-order valence-electron chi connectivity index (χ4n) is 1.80. The molecule has 0 saturated carbocycles. The average Bonchev–Trinajstić information content (AvgIpc) is 2.67. The number of anilines is 1. The molecule has 4 nitrogen and oxygen atoms in total. The Hall–Kier alpha value is -1.44. The number of rotatable bonds is 1. The van der Waals surface area contributed by atoms with Crippen molar-refractivity contribution >= 4 is 23.6 Å². The Bertz CT molecular complexity index is 473. The van der Waals surface area contributed by atoms with Gasteiger partial charge in [0.05, 0.1) is 0 Å². The predicted octanol–water partition coefficient (Wildman–Crippen LogP) is 3.07. The van der Waals surface area contributed by atoms with Crippen LogP contribution in [0, 0.1) is 0 Å². The van der Waals surface area contributed by atoms with Gasteiger partial charge in [-0.2, -0.15) is 24.9 Å². The van der Waals surface area contributed by atoms with Gasteiger partial charge in [0.15, 0.2) is 0 Å². The van der Waals surface area contributed by atoms with E-state index in [1.807, 2.05) is 0 Å². The van der Waals surface area contributed by atoms with Crippen molar-refractivity contribution in [1.82, 2.24) is 9.88 Å². The van der Waals surface area contributed by atoms with Gasteiger partial charge in [-0.1, -0.05) is 6.07 Å². The summed E-state index contributed by atoms with van der Waals surface area (Å²) < 4.78 is 37.6. The minimum atomic E-state index is -4.51. The van der Waals surface area contributed by atoms with Gasteiger partial charge in [0.2, 0.25) is 0 Å². The number of pyridine rings is 1. The molecule has 1 aromatic rings. The van der Waals surface area contributed by atoms with Gasteiger partial charge in [-0.05, 0) is 24.3 Å². The lowest BCUT2D eigenvalue weighted by atomic mass is 10.3. The highest BCUT2D eigenvalue weighted by Gasteiger charge is 2.32. The molecule has 1 fully saturated rings. The number of hydrogen-bond acceptors (Lipinski definition) is 3. The van der Waals surface area contributed by atoms with Crippen molar-refractivity contribution in [2.45, 2.75) is 12.6 Å². The number of hydrogen-bond donors (Lipinski definition) is 1. The van der Waals surface area contributed by atoms with Crippen LogP contribution < -0.4 is 5.32 Å². The maximum Gasteiger partial charge on any atom is 0.433 e. The number of thioether (sulfide) groups is 1. The first-order valence-corrected chi connectivity index (χ1v) is 7.30. The SMILES string of the molecule is O=C(Nc1cccc(C(F)(F)F)n1)N1CCCSCC1. The van der Waals surface area contributed by atoms with Crippen LogP contribution in [-0.2, 0) is 6.18 Å². The first-order chi connectivity index (χ1) is 9.47. The molecule has 1 aromatic heterocycles. The summed E-state index contributed by atoms with van der Waals surface area (Å²) in [5.41, 5.74) is -1.01. The minimum Gasteiger partial charge on any atom is -0.324 e. The monoisotopic (exact) mass is 305 g/mol. The molecule has 0 spiro atoms. The van der Waals surface area contributed by atoms with Gasteiger partial charge >= 0.3 is 12.2 Å². The summed E-state index contributed by atoms with van der Waals surface area (Å²) >= 11 is 1.76. The molecule has 0 aliphatic carbocycles. The van der Waals surface area contributed by atoms with Crippen LogP contribution in [0.5, 0.6) is 0 Å². The Morgan fingerprint density at radius 1 is 1.30 bits per heavy atom. The van der Waals surface area contributed by atoms with Crippen LogP contribution in [0.4, 0.5) is 23.8 Å². The van der Waals surface area contributed by atoms with Crippen LogP contribution in [0.2, 0.25) is 0 Å². The normalized spacial score (nSPS) is 16.6. The lowest BCUT2D eigenvalue weighted by Crippen LogP contribution is -2.36. The van der Waals surface area contributed by atoms with Crippen molar-refractivity contribution in [3.8, 4) is 0 Å². The molecule has 0 atom stereocenters. The third-order valence-corrected chi connectivity index (χ3v) is 3.83. The van der Waals surface area contributed by atoms with Crippen molar-refractivity contribution < 1.29 is 18.0 Å². The lowest BCUT2D eigenvalue weighted by molar-refractivity contribution is -0.141. The summed E-state index contributed by atoms with van der Waals surface area (Å²) in [6.45, 7) is 1.20. The molecule has 2 rings (SSSR count). The molecular formula is C12H14F3N3OS. The highest BCUT2D eigenvalue weighted by atomic mass is 32.2. The number of amides is 2. The summed E-state index contributed by atoms with van der Waals surface area (Å²) in [5.74, 6) is 1.75. The number of urea groups is 1. The molecule has 1 N–H and O–H groups in total. The molecule has 0 aromatic carbocycles. The van der Waals surface area contributed by atoms with Crippen molar-refractivity contribution in [2.75, 3.05) is 29.9 Å².